The van der Waals surface area contributed by atoms with Gasteiger partial charge in [-0.2, -0.15) is 0 Å². The first-order valence-electron chi connectivity index (χ1n) is 6.19. The van der Waals surface area contributed by atoms with Crippen molar-refractivity contribution in [2.45, 2.75) is 25.9 Å². The third-order valence-electron chi connectivity index (χ3n) is 2.76. The van der Waals surface area contributed by atoms with Crippen molar-refractivity contribution < 1.29 is 19.1 Å². The SMILES string of the molecule is O=C(O)CCC(=O)N(Cc1ccco1)Cc1cccs1. The molecule has 0 radical (unpaired) electrons. The summed E-state index contributed by atoms with van der Waals surface area (Å²) in [5.74, 6) is -0.463. The van der Waals surface area contributed by atoms with E-state index in [1.807, 2.05) is 17.5 Å². The van der Waals surface area contributed by atoms with Gasteiger partial charge in [-0.05, 0) is 23.6 Å². The predicted octanol–water partition coefficient (Wildman–Crippen LogP) is 2.73. The summed E-state index contributed by atoms with van der Waals surface area (Å²) in [6, 6.07) is 7.43. The van der Waals surface area contributed by atoms with Gasteiger partial charge in [0.15, 0.2) is 0 Å². The molecule has 20 heavy (non-hydrogen) atoms. The van der Waals surface area contributed by atoms with Gasteiger partial charge in [-0.25, -0.2) is 0 Å². The molecule has 0 aromatic carbocycles. The van der Waals surface area contributed by atoms with Crippen molar-refractivity contribution in [3.8, 4) is 0 Å². The largest absolute Gasteiger partial charge is 0.481 e. The molecule has 0 aliphatic rings. The van der Waals surface area contributed by atoms with Gasteiger partial charge in [0.25, 0.3) is 0 Å². The van der Waals surface area contributed by atoms with Gasteiger partial charge in [0.05, 0.1) is 25.8 Å². The number of furan rings is 1. The Hall–Kier alpha value is -2.08. The summed E-state index contributed by atoms with van der Waals surface area (Å²) in [6.45, 7) is 0.820. The van der Waals surface area contributed by atoms with Crippen LogP contribution in [0.2, 0.25) is 0 Å². The average Bonchev–Trinajstić information content (AvgIpc) is 3.08. The van der Waals surface area contributed by atoms with Crippen molar-refractivity contribution in [3.05, 3.63) is 46.5 Å². The molecule has 1 amide bonds. The van der Waals surface area contributed by atoms with E-state index in [0.29, 0.717) is 18.8 Å². The van der Waals surface area contributed by atoms with Crippen molar-refractivity contribution in [1.29, 1.82) is 0 Å². The summed E-state index contributed by atoms with van der Waals surface area (Å²) in [7, 11) is 0. The summed E-state index contributed by atoms with van der Waals surface area (Å²) in [4.78, 5) is 25.4. The van der Waals surface area contributed by atoms with Crippen LogP contribution in [0, 0.1) is 0 Å². The van der Waals surface area contributed by atoms with Crippen LogP contribution in [0.5, 0.6) is 0 Å². The van der Waals surface area contributed by atoms with Gasteiger partial charge in [0.1, 0.15) is 5.76 Å². The summed E-state index contributed by atoms with van der Waals surface area (Å²) >= 11 is 1.56. The van der Waals surface area contributed by atoms with E-state index < -0.39 is 5.97 Å². The molecular weight excluding hydrogens is 278 g/mol. The number of hydrogen-bond acceptors (Lipinski definition) is 4. The first kappa shape index (κ1) is 14.3. The minimum absolute atomic E-state index is 0.00141. The molecular formula is C14H15NO4S. The molecule has 6 heteroatoms. The number of amides is 1. The van der Waals surface area contributed by atoms with E-state index >= 15 is 0 Å². The van der Waals surface area contributed by atoms with Gasteiger partial charge in [-0.3, -0.25) is 9.59 Å². The van der Waals surface area contributed by atoms with E-state index in [1.54, 1.807) is 34.6 Å². The summed E-state index contributed by atoms with van der Waals surface area (Å²) in [5.41, 5.74) is 0. The number of thiophene rings is 1. The van der Waals surface area contributed by atoms with E-state index in [9.17, 15) is 9.59 Å². The van der Waals surface area contributed by atoms with Crippen molar-refractivity contribution in [1.82, 2.24) is 4.90 Å². The molecule has 106 valence electrons. The predicted molar refractivity (Wildman–Crippen MR) is 74.2 cm³/mol. The lowest BCUT2D eigenvalue weighted by atomic mass is 10.2. The van der Waals surface area contributed by atoms with E-state index in [1.165, 1.54) is 0 Å². The van der Waals surface area contributed by atoms with Crippen LogP contribution >= 0.6 is 11.3 Å². The van der Waals surface area contributed by atoms with Gasteiger partial charge in [0.2, 0.25) is 5.91 Å². The highest BCUT2D eigenvalue weighted by Gasteiger charge is 2.17. The van der Waals surface area contributed by atoms with Crippen LogP contribution in [0.15, 0.2) is 40.3 Å². The number of hydrogen-bond donors (Lipinski definition) is 1. The number of nitrogens with zero attached hydrogens (tertiary/aromatic N) is 1. The minimum Gasteiger partial charge on any atom is -0.481 e. The molecule has 0 fully saturated rings. The van der Waals surface area contributed by atoms with E-state index in [-0.39, 0.29) is 18.7 Å². The summed E-state index contributed by atoms with van der Waals surface area (Å²) < 4.78 is 5.25. The highest BCUT2D eigenvalue weighted by Crippen LogP contribution is 2.16. The van der Waals surface area contributed by atoms with Gasteiger partial charge >= 0.3 is 5.97 Å². The molecule has 1 N–H and O–H groups in total. The van der Waals surface area contributed by atoms with E-state index in [0.717, 1.165) is 4.88 Å². The third-order valence-corrected chi connectivity index (χ3v) is 3.62. The Morgan fingerprint density at radius 2 is 2.05 bits per heavy atom. The van der Waals surface area contributed by atoms with Gasteiger partial charge in [-0.15, -0.1) is 11.3 Å². The summed E-state index contributed by atoms with van der Waals surface area (Å²) in [6.07, 6.45) is 1.40. The first-order valence-corrected chi connectivity index (χ1v) is 7.07. The average molecular weight is 293 g/mol. The smallest absolute Gasteiger partial charge is 0.303 e. The topological polar surface area (TPSA) is 70.8 Å². The van der Waals surface area contributed by atoms with Crippen molar-refractivity contribution in [3.63, 3.8) is 0 Å². The monoisotopic (exact) mass is 293 g/mol. The quantitative estimate of drug-likeness (QED) is 0.852. The minimum atomic E-state index is -0.965. The fourth-order valence-electron chi connectivity index (χ4n) is 1.79. The number of aliphatic carboxylic acids is 1. The van der Waals surface area contributed by atoms with Crippen LogP contribution in [0.25, 0.3) is 0 Å². The fourth-order valence-corrected chi connectivity index (χ4v) is 2.50. The Morgan fingerprint density at radius 3 is 2.65 bits per heavy atom. The molecule has 2 aromatic heterocycles. The van der Waals surface area contributed by atoms with Gasteiger partial charge < -0.3 is 14.4 Å². The standard InChI is InChI=1S/C14H15NO4S/c16-13(5-6-14(17)18)15(9-11-3-1-7-19-11)10-12-4-2-8-20-12/h1-4,7-8H,5-6,9-10H2,(H,17,18). The van der Waals surface area contributed by atoms with Crippen LogP contribution < -0.4 is 0 Å². The highest BCUT2D eigenvalue weighted by molar-refractivity contribution is 7.09. The molecule has 0 unspecified atom stereocenters. The highest BCUT2D eigenvalue weighted by atomic mass is 32.1. The van der Waals surface area contributed by atoms with Crippen molar-refractivity contribution in [2.24, 2.45) is 0 Å². The molecule has 0 bridgehead atoms. The Kier molecular flexibility index (Phi) is 4.95. The van der Waals surface area contributed by atoms with Gasteiger partial charge in [0, 0.05) is 11.3 Å². The summed E-state index contributed by atoms with van der Waals surface area (Å²) in [5, 5.41) is 10.6. The number of carboxylic acids is 1. The zero-order valence-corrected chi connectivity index (χ0v) is 11.6. The lowest BCUT2D eigenvalue weighted by molar-refractivity contribution is -0.141. The lowest BCUT2D eigenvalue weighted by Crippen LogP contribution is -2.29. The molecule has 2 aromatic rings. The molecule has 0 saturated heterocycles. The second kappa shape index (κ2) is 6.91. The van der Waals surface area contributed by atoms with Crippen LogP contribution in [0.3, 0.4) is 0 Å². The fraction of sp³-hybridized carbons (Fsp3) is 0.286. The molecule has 5 nitrogen and oxygen atoms in total. The Labute approximate surface area is 120 Å². The van der Waals surface area contributed by atoms with Crippen molar-refractivity contribution >= 4 is 23.2 Å². The third kappa shape index (κ3) is 4.24. The number of carboxylic acid groups (broad SMARTS) is 1. The van der Waals surface area contributed by atoms with E-state index in [4.69, 9.17) is 9.52 Å². The maximum Gasteiger partial charge on any atom is 0.303 e. The molecule has 0 aliphatic carbocycles. The van der Waals surface area contributed by atoms with Crippen molar-refractivity contribution in [2.75, 3.05) is 0 Å². The molecule has 2 heterocycles. The molecule has 0 aliphatic heterocycles. The second-order valence-corrected chi connectivity index (χ2v) is 5.33. The zero-order valence-electron chi connectivity index (χ0n) is 10.8. The number of carbonyl (C=O) groups is 2. The Morgan fingerprint density at radius 1 is 1.20 bits per heavy atom. The van der Waals surface area contributed by atoms with Gasteiger partial charge in [-0.1, -0.05) is 6.07 Å². The number of rotatable bonds is 7. The molecule has 2 rings (SSSR count). The van der Waals surface area contributed by atoms with Crippen LogP contribution in [-0.4, -0.2) is 21.9 Å². The first-order chi connectivity index (χ1) is 9.65. The molecule has 0 atom stereocenters. The van der Waals surface area contributed by atoms with E-state index in [2.05, 4.69) is 0 Å². The maximum atomic E-state index is 12.1. The van der Waals surface area contributed by atoms with Crippen LogP contribution in [-0.2, 0) is 22.7 Å². The normalized spacial score (nSPS) is 10.4. The second-order valence-electron chi connectivity index (χ2n) is 4.30. The molecule has 0 saturated carbocycles. The van der Waals surface area contributed by atoms with Crippen LogP contribution in [0.4, 0.5) is 0 Å². The zero-order chi connectivity index (χ0) is 14.4. The Bertz CT molecular complexity index is 512. The molecule has 0 spiro atoms. The Balaban J connectivity index is 2.02. The number of carbonyl (C=O) groups excluding carboxylic acids is 1. The van der Waals surface area contributed by atoms with Crippen LogP contribution in [0.1, 0.15) is 23.5 Å². The maximum absolute atomic E-state index is 12.1. The lowest BCUT2D eigenvalue weighted by Gasteiger charge is -2.20.